The Bertz CT molecular complexity index is 136. The second-order valence-corrected chi connectivity index (χ2v) is 4.00. The van der Waals surface area contributed by atoms with E-state index in [1.54, 1.807) is 0 Å². The first-order valence-corrected chi connectivity index (χ1v) is 4.50. The third-order valence-corrected chi connectivity index (χ3v) is 3.54. The standard InChI is InChI=1S/C9H19NO/c1-3-8(2,7-10)9(11)5-4-6-9/h11H,3-7,10H2,1-2H3. The summed E-state index contributed by atoms with van der Waals surface area (Å²) in [5, 5.41) is 10.0. The molecule has 0 radical (unpaired) electrons. The normalized spacial score (nSPS) is 27.3. The van der Waals surface area contributed by atoms with E-state index in [1.807, 2.05) is 0 Å². The van der Waals surface area contributed by atoms with Gasteiger partial charge < -0.3 is 10.8 Å². The Labute approximate surface area is 68.8 Å². The zero-order valence-electron chi connectivity index (χ0n) is 7.56. The van der Waals surface area contributed by atoms with Crippen LogP contribution in [-0.2, 0) is 0 Å². The van der Waals surface area contributed by atoms with Gasteiger partial charge in [0.1, 0.15) is 0 Å². The van der Waals surface area contributed by atoms with Crippen LogP contribution in [0.25, 0.3) is 0 Å². The Morgan fingerprint density at radius 1 is 1.55 bits per heavy atom. The van der Waals surface area contributed by atoms with Crippen molar-refractivity contribution in [2.45, 2.75) is 45.1 Å². The van der Waals surface area contributed by atoms with Crippen molar-refractivity contribution in [1.82, 2.24) is 0 Å². The molecular formula is C9H19NO. The van der Waals surface area contributed by atoms with Gasteiger partial charge in [-0.05, 0) is 25.7 Å². The fourth-order valence-corrected chi connectivity index (χ4v) is 1.78. The second-order valence-electron chi connectivity index (χ2n) is 4.00. The Morgan fingerprint density at radius 2 is 2.09 bits per heavy atom. The van der Waals surface area contributed by atoms with Crippen LogP contribution < -0.4 is 5.73 Å². The third-order valence-electron chi connectivity index (χ3n) is 3.54. The SMILES string of the molecule is CCC(C)(CN)C1(O)CCC1. The molecule has 0 aliphatic heterocycles. The van der Waals surface area contributed by atoms with E-state index in [1.165, 1.54) is 0 Å². The molecule has 1 atom stereocenters. The molecule has 1 aliphatic rings. The molecule has 66 valence electrons. The third kappa shape index (κ3) is 1.18. The molecule has 2 heteroatoms. The van der Waals surface area contributed by atoms with Gasteiger partial charge >= 0.3 is 0 Å². The van der Waals surface area contributed by atoms with Gasteiger partial charge in [-0.1, -0.05) is 13.8 Å². The molecule has 0 saturated heterocycles. The molecule has 0 amide bonds. The van der Waals surface area contributed by atoms with Crippen LogP contribution in [0, 0.1) is 5.41 Å². The number of aliphatic hydroxyl groups is 1. The van der Waals surface area contributed by atoms with Gasteiger partial charge in [-0.3, -0.25) is 0 Å². The van der Waals surface area contributed by atoms with Gasteiger partial charge in [0, 0.05) is 12.0 Å². The van der Waals surface area contributed by atoms with E-state index < -0.39 is 5.60 Å². The predicted molar refractivity (Wildman–Crippen MR) is 46.3 cm³/mol. The summed E-state index contributed by atoms with van der Waals surface area (Å²) in [7, 11) is 0. The van der Waals surface area contributed by atoms with Crippen LogP contribution in [0.2, 0.25) is 0 Å². The highest BCUT2D eigenvalue weighted by atomic mass is 16.3. The first kappa shape index (κ1) is 9.01. The topological polar surface area (TPSA) is 46.2 Å². The first-order valence-electron chi connectivity index (χ1n) is 4.50. The van der Waals surface area contributed by atoms with Gasteiger partial charge in [0.25, 0.3) is 0 Å². The summed E-state index contributed by atoms with van der Waals surface area (Å²) in [6.45, 7) is 4.79. The number of rotatable bonds is 3. The van der Waals surface area contributed by atoms with E-state index in [0.29, 0.717) is 6.54 Å². The van der Waals surface area contributed by atoms with Crippen LogP contribution >= 0.6 is 0 Å². The molecule has 0 aromatic heterocycles. The lowest BCUT2D eigenvalue weighted by Crippen LogP contribution is -2.54. The minimum Gasteiger partial charge on any atom is -0.389 e. The van der Waals surface area contributed by atoms with Crippen molar-refractivity contribution < 1.29 is 5.11 Å². The van der Waals surface area contributed by atoms with Gasteiger partial charge in [0.05, 0.1) is 5.60 Å². The van der Waals surface area contributed by atoms with E-state index in [9.17, 15) is 5.11 Å². The summed E-state index contributed by atoms with van der Waals surface area (Å²) in [5.74, 6) is 0. The van der Waals surface area contributed by atoms with E-state index in [2.05, 4.69) is 13.8 Å². The van der Waals surface area contributed by atoms with Crippen molar-refractivity contribution in [2.75, 3.05) is 6.54 Å². The molecule has 0 bridgehead atoms. The van der Waals surface area contributed by atoms with Gasteiger partial charge in [0.15, 0.2) is 0 Å². The summed E-state index contributed by atoms with van der Waals surface area (Å²) in [6, 6.07) is 0. The van der Waals surface area contributed by atoms with Crippen molar-refractivity contribution in [3.8, 4) is 0 Å². The highest BCUT2D eigenvalue weighted by Crippen LogP contribution is 2.47. The van der Waals surface area contributed by atoms with E-state index in [-0.39, 0.29) is 5.41 Å². The average Bonchev–Trinajstić information content (AvgIpc) is 1.98. The van der Waals surface area contributed by atoms with Gasteiger partial charge in [-0.2, -0.15) is 0 Å². The fourth-order valence-electron chi connectivity index (χ4n) is 1.78. The molecular weight excluding hydrogens is 138 g/mol. The van der Waals surface area contributed by atoms with Crippen molar-refractivity contribution >= 4 is 0 Å². The van der Waals surface area contributed by atoms with Gasteiger partial charge in [-0.25, -0.2) is 0 Å². The molecule has 2 nitrogen and oxygen atoms in total. The average molecular weight is 157 g/mol. The Hall–Kier alpha value is -0.0800. The van der Waals surface area contributed by atoms with Crippen molar-refractivity contribution in [3.05, 3.63) is 0 Å². The Kier molecular flexibility index (Phi) is 2.26. The monoisotopic (exact) mass is 157 g/mol. The minimum absolute atomic E-state index is 0.0503. The smallest absolute Gasteiger partial charge is 0.0713 e. The largest absolute Gasteiger partial charge is 0.389 e. The highest BCUT2D eigenvalue weighted by Gasteiger charge is 2.48. The molecule has 0 aromatic rings. The van der Waals surface area contributed by atoms with E-state index in [0.717, 1.165) is 25.7 Å². The molecule has 11 heavy (non-hydrogen) atoms. The van der Waals surface area contributed by atoms with Crippen LogP contribution in [0.4, 0.5) is 0 Å². The van der Waals surface area contributed by atoms with E-state index in [4.69, 9.17) is 5.73 Å². The van der Waals surface area contributed by atoms with Crippen LogP contribution in [0.15, 0.2) is 0 Å². The van der Waals surface area contributed by atoms with Crippen molar-refractivity contribution in [1.29, 1.82) is 0 Å². The quantitative estimate of drug-likeness (QED) is 0.648. The number of nitrogens with two attached hydrogens (primary N) is 1. The van der Waals surface area contributed by atoms with Gasteiger partial charge in [-0.15, -0.1) is 0 Å². The van der Waals surface area contributed by atoms with E-state index >= 15 is 0 Å². The molecule has 0 spiro atoms. The van der Waals surface area contributed by atoms with Crippen LogP contribution in [0.1, 0.15) is 39.5 Å². The summed E-state index contributed by atoms with van der Waals surface area (Å²) in [5.41, 5.74) is 5.15. The lowest BCUT2D eigenvalue weighted by Gasteiger charge is -2.50. The second kappa shape index (κ2) is 2.76. The molecule has 1 fully saturated rings. The zero-order valence-corrected chi connectivity index (χ0v) is 7.56. The highest BCUT2D eigenvalue weighted by molar-refractivity contribution is 5.01. The molecule has 0 aromatic carbocycles. The molecule has 1 rings (SSSR count). The van der Waals surface area contributed by atoms with Crippen LogP contribution in [-0.4, -0.2) is 17.3 Å². The maximum absolute atomic E-state index is 10.0. The lowest BCUT2D eigenvalue weighted by atomic mass is 9.61. The zero-order chi connectivity index (χ0) is 8.54. The van der Waals surface area contributed by atoms with Crippen molar-refractivity contribution in [3.63, 3.8) is 0 Å². The minimum atomic E-state index is -0.448. The predicted octanol–water partition coefficient (Wildman–Crippen LogP) is 1.28. The first-order chi connectivity index (χ1) is 5.08. The van der Waals surface area contributed by atoms with Crippen molar-refractivity contribution in [2.24, 2.45) is 11.1 Å². The maximum Gasteiger partial charge on any atom is 0.0713 e. The molecule has 1 saturated carbocycles. The summed E-state index contributed by atoms with van der Waals surface area (Å²) >= 11 is 0. The number of hydrogen-bond donors (Lipinski definition) is 2. The number of hydrogen-bond acceptors (Lipinski definition) is 2. The summed E-state index contributed by atoms with van der Waals surface area (Å²) in [6.07, 6.45) is 4.01. The van der Waals surface area contributed by atoms with Gasteiger partial charge in [0.2, 0.25) is 0 Å². The van der Waals surface area contributed by atoms with Crippen LogP contribution in [0.5, 0.6) is 0 Å². The molecule has 1 aliphatic carbocycles. The lowest BCUT2D eigenvalue weighted by molar-refractivity contribution is -0.130. The Balaban J connectivity index is 2.67. The molecule has 1 unspecified atom stereocenters. The maximum atomic E-state index is 10.0. The molecule has 3 N–H and O–H groups in total. The molecule has 0 heterocycles. The fraction of sp³-hybridized carbons (Fsp3) is 1.00. The van der Waals surface area contributed by atoms with Crippen LogP contribution in [0.3, 0.4) is 0 Å². The summed E-state index contributed by atoms with van der Waals surface area (Å²) in [4.78, 5) is 0. The summed E-state index contributed by atoms with van der Waals surface area (Å²) < 4.78 is 0. The Morgan fingerprint density at radius 3 is 2.18 bits per heavy atom.